The minimum atomic E-state index is -0.636. The van der Waals surface area contributed by atoms with Crippen LogP contribution >= 0.6 is 0 Å². The van der Waals surface area contributed by atoms with Gasteiger partial charge in [-0.1, -0.05) is 39.8 Å². The maximum atomic E-state index is 13.3. The lowest BCUT2D eigenvalue weighted by molar-refractivity contribution is -0.138. The number of nitrogens with zero attached hydrogens (tertiary/aromatic N) is 1. The molecule has 0 radical (unpaired) electrons. The summed E-state index contributed by atoms with van der Waals surface area (Å²) in [6, 6.07) is 6.01. The van der Waals surface area contributed by atoms with Gasteiger partial charge in [-0.2, -0.15) is 0 Å². The summed E-state index contributed by atoms with van der Waals surface area (Å²) in [6.07, 6.45) is 0.215. The number of nitrogens with one attached hydrogen (secondary N) is 1. The molecule has 0 aliphatic carbocycles. The van der Waals surface area contributed by atoms with Crippen molar-refractivity contribution in [2.75, 3.05) is 13.1 Å². The van der Waals surface area contributed by atoms with Gasteiger partial charge >= 0.3 is 6.09 Å². The average molecular weight is 407 g/mol. The molecule has 1 aromatic rings. The fraction of sp³-hybridized carbons (Fsp3) is 0.652. The number of hydrogen-bond acceptors (Lipinski definition) is 3. The van der Waals surface area contributed by atoms with Crippen LogP contribution in [0.5, 0.6) is 0 Å². The van der Waals surface area contributed by atoms with Gasteiger partial charge in [0.25, 0.3) is 0 Å². The number of carbonyl (C=O) groups is 2. The quantitative estimate of drug-likeness (QED) is 0.787. The first kappa shape index (κ1) is 23.2. The number of ether oxygens (including phenoxy) is 1. The molecule has 0 aromatic heterocycles. The molecule has 1 saturated heterocycles. The van der Waals surface area contributed by atoms with E-state index >= 15 is 0 Å². The molecular formula is C23H35FN2O3. The van der Waals surface area contributed by atoms with Crippen LogP contribution in [-0.4, -0.2) is 41.6 Å². The summed E-state index contributed by atoms with van der Waals surface area (Å²) in [5.41, 5.74) is 0.305. The van der Waals surface area contributed by atoms with Gasteiger partial charge in [-0.15, -0.1) is 0 Å². The Labute approximate surface area is 174 Å². The van der Waals surface area contributed by atoms with Crippen LogP contribution in [0.15, 0.2) is 24.3 Å². The molecule has 2 rings (SSSR count). The van der Waals surface area contributed by atoms with Gasteiger partial charge in [0.05, 0.1) is 0 Å². The van der Waals surface area contributed by atoms with E-state index in [0.29, 0.717) is 13.1 Å². The Balaban J connectivity index is 2.10. The lowest BCUT2D eigenvalue weighted by Crippen LogP contribution is -2.56. The predicted molar refractivity (Wildman–Crippen MR) is 112 cm³/mol. The Bertz CT molecular complexity index is 723. The zero-order valence-corrected chi connectivity index (χ0v) is 18.7. The van der Waals surface area contributed by atoms with Crippen molar-refractivity contribution in [3.63, 3.8) is 0 Å². The highest BCUT2D eigenvalue weighted by Gasteiger charge is 2.40. The fourth-order valence-corrected chi connectivity index (χ4v) is 4.00. The number of alkyl carbamates (subject to hydrolysis) is 1. The number of benzene rings is 1. The van der Waals surface area contributed by atoms with Gasteiger partial charge in [-0.3, -0.25) is 4.79 Å². The SMILES string of the molecule is CC(C)[C@@H](NC(=O)OC(C)(C)C)C(=O)N1CCC(c2ccc(F)cc2)C(C)(C)C1. The van der Waals surface area contributed by atoms with Crippen LogP contribution in [0.2, 0.25) is 0 Å². The topological polar surface area (TPSA) is 58.6 Å². The Hall–Kier alpha value is -2.11. The van der Waals surface area contributed by atoms with E-state index < -0.39 is 17.7 Å². The molecular weight excluding hydrogens is 371 g/mol. The van der Waals surface area contributed by atoms with E-state index in [9.17, 15) is 14.0 Å². The normalized spacial score (nSPS) is 20.3. The van der Waals surface area contributed by atoms with E-state index in [1.54, 1.807) is 20.8 Å². The van der Waals surface area contributed by atoms with Crippen molar-refractivity contribution in [3.05, 3.63) is 35.6 Å². The number of carbonyl (C=O) groups excluding carboxylic acids is 2. The molecule has 1 unspecified atom stereocenters. The highest BCUT2D eigenvalue weighted by atomic mass is 19.1. The minimum absolute atomic E-state index is 0.0621. The third kappa shape index (κ3) is 6.18. The zero-order valence-electron chi connectivity index (χ0n) is 18.7. The lowest BCUT2D eigenvalue weighted by atomic mass is 9.70. The second-order valence-electron chi connectivity index (χ2n) is 10.0. The minimum Gasteiger partial charge on any atom is -0.444 e. The van der Waals surface area contributed by atoms with E-state index in [4.69, 9.17) is 4.74 Å². The maximum absolute atomic E-state index is 13.3. The van der Waals surface area contributed by atoms with Gasteiger partial charge in [0.2, 0.25) is 5.91 Å². The summed E-state index contributed by atoms with van der Waals surface area (Å²) in [4.78, 5) is 27.3. The van der Waals surface area contributed by atoms with Gasteiger partial charge in [-0.25, -0.2) is 9.18 Å². The first-order valence-electron chi connectivity index (χ1n) is 10.3. The predicted octanol–water partition coefficient (Wildman–Crippen LogP) is 4.72. The van der Waals surface area contributed by atoms with Crippen LogP contribution in [0.1, 0.15) is 66.4 Å². The van der Waals surface area contributed by atoms with Crippen molar-refractivity contribution >= 4 is 12.0 Å². The summed E-state index contributed by atoms with van der Waals surface area (Å²) in [7, 11) is 0. The smallest absolute Gasteiger partial charge is 0.408 e. The Morgan fingerprint density at radius 3 is 2.28 bits per heavy atom. The average Bonchev–Trinajstić information content (AvgIpc) is 2.57. The molecule has 1 aliphatic heterocycles. The first-order chi connectivity index (χ1) is 13.3. The molecule has 1 heterocycles. The van der Waals surface area contributed by atoms with Crippen LogP contribution < -0.4 is 5.32 Å². The first-order valence-corrected chi connectivity index (χ1v) is 10.3. The second kappa shape index (κ2) is 8.72. The summed E-state index contributed by atoms with van der Waals surface area (Å²) >= 11 is 0. The van der Waals surface area contributed by atoms with Gasteiger partial charge < -0.3 is 15.0 Å². The van der Waals surface area contributed by atoms with Gasteiger partial charge in [0.15, 0.2) is 0 Å². The van der Waals surface area contributed by atoms with Gasteiger partial charge in [0, 0.05) is 13.1 Å². The maximum Gasteiger partial charge on any atom is 0.408 e. The molecule has 0 spiro atoms. The van der Waals surface area contributed by atoms with Gasteiger partial charge in [0.1, 0.15) is 17.5 Å². The van der Waals surface area contributed by atoms with E-state index in [1.807, 2.05) is 30.9 Å². The highest BCUT2D eigenvalue weighted by Crippen LogP contribution is 2.42. The standard InChI is InChI=1S/C23H35FN2O3/c1-15(2)19(25-21(28)29-22(3,4)5)20(27)26-13-12-18(23(6,7)14-26)16-8-10-17(24)11-9-16/h8-11,15,18-19H,12-14H2,1-7H3,(H,25,28)/t18?,19-/m1/s1. The molecule has 1 N–H and O–H groups in total. The molecule has 0 saturated carbocycles. The molecule has 1 aromatic carbocycles. The van der Waals surface area contributed by atoms with Crippen LogP contribution in [0.4, 0.5) is 9.18 Å². The fourth-order valence-electron chi connectivity index (χ4n) is 4.00. The van der Waals surface area contributed by atoms with Crippen LogP contribution in [0, 0.1) is 17.2 Å². The number of amides is 2. The van der Waals surface area contributed by atoms with Crippen molar-refractivity contribution < 1.29 is 18.7 Å². The second-order valence-corrected chi connectivity index (χ2v) is 10.0. The number of rotatable bonds is 4. The van der Waals surface area contributed by atoms with Crippen molar-refractivity contribution in [2.24, 2.45) is 11.3 Å². The zero-order chi connectivity index (χ0) is 22.0. The number of piperidine rings is 1. The summed E-state index contributed by atoms with van der Waals surface area (Å²) < 4.78 is 18.6. The van der Waals surface area contributed by atoms with E-state index in [2.05, 4.69) is 19.2 Å². The molecule has 6 heteroatoms. The van der Waals surface area contributed by atoms with Crippen LogP contribution in [-0.2, 0) is 9.53 Å². The third-order valence-corrected chi connectivity index (χ3v) is 5.42. The molecule has 2 atom stereocenters. The molecule has 5 nitrogen and oxygen atoms in total. The van der Waals surface area contributed by atoms with Crippen LogP contribution in [0.3, 0.4) is 0 Å². The lowest BCUT2D eigenvalue weighted by Gasteiger charge is -2.45. The summed E-state index contributed by atoms with van der Waals surface area (Å²) in [5.74, 6) is -0.153. The molecule has 1 aliphatic rings. The Morgan fingerprint density at radius 1 is 1.21 bits per heavy atom. The Morgan fingerprint density at radius 2 is 1.79 bits per heavy atom. The molecule has 2 amide bonds. The third-order valence-electron chi connectivity index (χ3n) is 5.42. The highest BCUT2D eigenvalue weighted by molar-refractivity contribution is 5.86. The molecule has 162 valence electrons. The van der Waals surface area contributed by atoms with Crippen molar-refractivity contribution in [3.8, 4) is 0 Å². The largest absolute Gasteiger partial charge is 0.444 e. The van der Waals surface area contributed by atoms with E-state index in [0.717, 1.165) is 12.0 Å². The van der Waals surface area contributed by atoms with Crippen molar-refractivity contribution in [1.29, 1.82) is 0 Å². The number of halogens is 1. The summed E-state index contributed by atoms with van der Waals surface area (Å²) in [6.45, 7) is 14.6. The Kier molecular flexibility index (Phi) is 6.97. The van der Waals surface area contributed by atoms with E-state index in [-0.39, 0.29) is 29.0 Å². The molecule has 0 bridgehead atoms. The van der Waals surface area contributed by atoms with Gasteiger partial charge in [-0.05, 0) is 62.1 Å². The number of hydrogen-bond donors (Lipinski definition) is 1. The van der Waals surface area contributed by atoms with Crippen LogP contribution in [0.25, 0.3) is 0 Å². The molecule has 29 heavy (non-hydrogen) atoms. The van der Waals surface area contributed by atoms with Crippen molar-refractivity contribution in [2.45, 2.75) is 72.4 Å². The number of likely N-dealkylation sites (tertiary alicyclic amines) is 1. The summed E-state index contributed by atoms with van der Waals surface area (Å²) in [5, 5.41) is 2.75. The monoisotopic (exact) mass is 406 g/mol. The molecule has 1 fully saturated rings. The van der Waals surface area contributed by atoms with Crippen molar-refractivity contribution in [1.82, 2.24) is 10.2 Å². The van der Waals surface area contributed by atoms with E-state index in [1.165, 1.54) is 12.1 Å².